The summed E-state index contributed by atoms with van der Waals surface area (Å²) in [7, 11) is 0. The lowest BCUT2D eigenvalue weighted by atomic mass is 10.0. The van der Waals surface area contributed by atoms with Crippen LogP contribution < -0.4 is 10.6 Å². The Hall–Kier alpha value is -3.46. The van der Waals surface area contributed by atoms with E-state index in [2.05, 4.69) is 85.2 Å². The molecule has 9 heteroatoms. The molecule has 0 aromatic rings. The van der Waals surface area contributed by atoms with Crippen molar-refractivity contribution in [3.8, 4) is 0 Å². The molecule has 2 unspecified atom stereocenters. The molecule has 0 saturated heterocycles. The van der Waals surface area contributed by atoms with E-state index in [-0.39, 0.29) is 24.5 Å². The highest BCUT2D eigenvalue weighted by molar-refractivity contribution is 5.87. The number of carboxylic acids is 1. The van der Waals surface area contributed by atoms with E-state index in [9.17, 15) is 19.2 Å². The summed E-state index contributed by atoms with van der Waals surface area (Å²) >= 11 is 0. The van der Waals surface area contributed by atoms with Crippen LogP contribution >= 0.6 is 0 Å². The predicted octanol–water partition coefficient (Wildman–Crippen LogP) is 11.3. The van der Waals surface area contributed by atoms with Gasteiger partial charge in [0.1, 0.15) is 12.1 Å². The first-order valence-electron chi connectivity index (χ1n) is 22.7. The number of carboxylic acid groups (broad SMARTS) is 1. The quantitative estimate of drug-likeness (QED) is 0.0275. The van der Waals surface area contributed by atoms with Crippen LogP contribution in [0.5, 0.6) is 0 Å². The molecule has 0 spiro atoms. The number of carbonyl (C=O) groups is 4. The summed E-state index contributed by atoms with van der Waals surface area (Å²) in [6.45, 7) is 3.36. The molecule has 0 aromatic carbocycles. The first kappa shape index (κ1) is 53.5. The van der Waals surface area contributed by atoms with E-state index >= 15 is 0 Å². The van der Waals surface area contributed by atoms with Crippen molar-refractivity contribution >= 4 is 23.8 Å². The van der Waals surface area contributed by atoms with Crippen molar-refractivity contribution in [3.05, 3.63) is 60.8 Å². The van der Waals surface area contributed by atoms with Crippen LogP contribution in [0.3, 0.4) is 0 Å². The van der Waals surface area contributed by atoms with E-state index in [4.69, 9.17) is 14.9 Å². The van der Waals surface area contributed by atoms with Crippen molar-refractivity contribution in [2.75, 3.05) is 13.2 Å². The van der Waals surface area contributed by atoms with E-state index in [0.717, 1.165) is 96.3 Å². The molecular formula is C48H82N2O7. The lowest BCUT2D eigenvalue weighted by Crippen LogP contribution is -2.47. The van der Waals surface area contributed by atoms with Gasteiger partial charge in [0.25, 0.3) is 0 Å². The van der Waals surface area contributed by atoms with Gasteiger partial charge in [-0.25, -0.2) is 4.79 Å². The zero-order chi connectivity index (χ0) is 41.9. The number of hydrogen-bond donors (Lipinski definition) is 4. The molecule has 2 amide bonds. The van der Waals surface area contributed by atoms with Crippen molar-refractivity contribution in [3.63, 3.8) is 0 Å². The van der Waals surface area contributed by atoms with Crippen LogP contribution in [-0.4, -0.2) is 59.3 Å². The summed E-state index contributed by atoms with van der Waals surface area (Å²) in [4.78, 5) is 47.5. The van der Waals surface area contributed by atoms with E-state index < -0.39 is 24.5 Å². The molecule has 0 rings (SSSR count). The summed E-state index contributed by atoms with van der Waals surface area (Å²) in [6.07, 6.45) is 51.2. The standard InChI is InChI=1S/C48H82N2O7/c1-3-5-7-9-11-13-14-15-16-17-18-19-20-21-22-24-26-32-36-40-47(54)57-43(37-33-29-25-23-12-10-8-6-4-2)38-34-30-27-28-31-35-39-45(52)49-41-46(53)50-44(42-51)48(55)56/h5,7,11,13,15-16,18-19,33,37,43-44,51H,3-4,6,8-10,12,14,17,20-32,34-36,38-42H2,1-2H3,(H,49,52)(H,50,53)(H,55,56)/b7-5-,13-11-,16-15-,19-18-,37-33-. The molecule has 0 aliphatic heterocycles. The van der Waals surface area contributed by atoms with Crippen LogP contribution in [0.4, 0.5) is 0 Å². The summed E-state index contributed by atoms with van der Waals surface area (Å²) in [5.74, 6) is -2.34. The number of amides is 2. The minimum absolute atomic E-state index is 0.0919. The van der Waals surface area contributed by atoms with Gasteiger partial charge in [0, 0.05) is 12.8 Å². The van der Waals surface area contributed by atoms with Gasteiger partial charge in [0.2, 0.25) is 11.8 Å². The maximum absolute atomic E-state index is 12.8. The first-order valence-corrected chi connectivity index (χ1v) is 22.7. The minimum atomic E-state index is -1.38. The average molecular weight is 799 g/mol. The smallest absolute Gasteiger partial charge is 0.328 e. The van der Waals surface area contributed by atoms with Crippen LogP contribution in [0.15, 0.2) is 60.8 Å². The molecule has 0 heterocycles. The van der Waals surface area contributed by atoms with E-state index in [1.807, 2.05) is 0 Å². The molecule has 9 nitrogen and oxygen atoms in total. The zero-order valence-electron chi connectivity index (χ0n) is 36.1. The lowest BCUT2D eigenvalue weighted by Gasteiger charge is -2.15. The normalized spacial score (nSPS) is 13.0. The minimum Gasteiger partial charge on any atom is -0.480 e. The fraction of sp³-hybridized carbons (Fsp3) is 0.708. The van der Waals surface area contributed by atoms with Crippen molar-refractivity contribution in [2.45, 2.75) is 206 Å². The third-order valence-corrected chi connectivity index (χ3v) is 9.73. The van der Waals surface area contributed by atoms with Gasteiger partial charge in [-0.1, -0.05) is 158 Å². The Balaban J connectivity index is 4.27. The molecule has 0 fully saturated rings. The largest absolute Gasteiger partial charge is 0.480 e. The van der Waals surface area contributed by atoms with Gasteiger partial charge in [0.05, 0.1) is 13.2 Å². The maximum atomic E-state index is 12.8. The van der Waals surface area contributed by atoms with E-state index in [0.29, 0.717) is 19.3 Å². The molecule has 0 aliphatic rings. The number of aliphatic carboxylic acids is 1. The van der Waals surface area contributed by atoms with Gasteiger partial charge >= 0.3 is 11.9 Å². The Kier molecular flexibility index (Phi) is 39.6. The molecule has 2 atom stereocenters. The molecule has 326 valence electrons. The second-order valence-electron chi connectivity index (χ2n) is 15.1. The van der Waals surface area contributed by atoms with Gasteiger partial charge in [-0.05, 0) is 83.1 Å². The Morgan fingerprint density at radius 1 is 0.561 bits per heavy atom. The van der Waals surface area contributed by atoms with Crippen molar-refractivity contribution < 1.29 is 34.1 Å². The number of ether oxygens (including phenoxy) is 1. The second-order valence-corrected chi connectivity index (χ2v) is 15.1. The zero-order valence-corrected chi connectivity index (χ0v) is 36.1. The number of carbonyl (C=O) groups excluding carboxylic acids is 3. The predicted molar refractivity (Wildman–Crippen MR) is 236 cm³/mol. The molecular weight excluding hydrogens is 717 g/mol. The molecule has 0 aromatic heterocycles. The topological polar surface area (TPSA) is 142 Å². The molecule has 0 radical (unpaired) electrons. The van der Waals surface area contributed by atoms with Crippen LogP contribution in [0, 0.1) is 0 Å². The highest BCUT2D eigenvalue weighted by Crippen LogP contribution is 2.16. The molecule has 4 N–H and O–H groups in total. The number of aliphatic hydroxyl groups excluding tert-OH is 1. The Morgan fingerprint density at radius 3 is 1.61 bits per heavy atom. The molecule has 0 bridgehead atoms. The summed E-state index contributed by atoms with van der Waals surface area (Å²) in [5.41, 5.74) is 0. The molecule has 0 aliphatic carbocycles. The summed E-state index contributed by atoms with van der Waals surface area (Å²) < 4.78 is 5.95. The molecule has 57 heavy (non-hydrogen) atoms. The average Bonchev–Trinajstić information content (AvgIpc) is 3.20. The van der Waals surface area contributed by atoms with E-state index in [1.54, 1.807) is 0 Å². The van der Waals surface area contributed by atoms with Gasteiger partial charge in [-0.15, -0.1) is 0 Å². The third-order valence-electron chi connectivity index (χ3n) is 9.73. The Morgan fingerprint density at radius 2 is 1.05 bits per heavy atom. The highest BCUT2D eigenvalue weighted by atomic mass is 16.5. The van der Waals surface area contributed by atoms with Crippen molar-refractivity contribution in [1.29, 1.82) is 0 Å². The fourth-order valence-corrected chi connectivity index (χ4v) is 6.26. The number of allylic oxidation sites excluding steroid dienone is 9. The number of esters is 1. The number of aliphatic hydroxyl groups is 1. The summed E-state index contributed by atoms with van der Waals surface area (Å²) in [5, 5.41) is 22.5. The maximum Gasteiger partial charge on any atom is 0.328 e. The Bertz CT molecular complexity index is 1140. The monoisotopic (exact) mass is 799 g/mol. The van der Waals surface area contributed by atoms with Gasteiger partial charge in [0.15, 0.2) is 0 Å². The fourth-order valence-electron chi connectivity index (χ4n) is 6.26. The number of unbranched alkanes of at least 4 members (excludes halogenated alkanes) is 18. The number of nitrogens with one attached hydrogen (secondary N) is 2. The Labute approximate surface area is 347 Å². The lowest BCUT2D eigenvalue weighted by molar-refractivity contribution is -0.147. The third kappa shape index (κ3) is 39.2. The van der Waals surface area contributed by atoms with Gasteiger partial charge in [-0.2, -0.15) is 0 Å². The van der Waals surface area contributed by atoms with Crippen molar-refractivity contribution in [2.24, 2.45) is 0 Å². The van der Waals surface area contributed by atoms with E-state index in [1.165, 1.54) is 64.2 Å². The van der Waals surface area contributed by atoms with Crippen LogP contribution in [0.1, 0.15) is 194 Å². The summed E-state index contributed by atoms with van der Waals surface area (Å²) in [6, 6.07) is -1.38. The SMILES string of the molecule is CC/C=C\C/C=C\C/C=C\C/C=C\CCCCCCCCC(=O)OC(/C=C\CCCCCCCCC)CCCCCCCCC(=O)NCC(=O)NC(CO)C(=O)O. The van der Waals surface area contributed by atoms with Crippen LogP contribution in [0.25, 0.3) is 0 Å². The number of hydrogen-bond acceptors (Lipinski definition) is 6. The highest BCUT2D eigenvalue weighted by Gasteiger charge is 2.18. The first-order chi connectivity index (χ1) is 27.8. The van der Waals surface area contributed by atoms with Gasteiger partial charge in [-0.3, -0.25) is 14.4 Å². The van der Waals surface area contributed by atoms with Crippen molar-refractivity contribution in [1.82, 2.24) is 10.6 Å². The van der Waals surface area contributed by atoms with Crippen LogP contribution in [-0.2, 0) is 23.9 Å². The van der Waals surface area contributed by atoms with Gasteiger partial charge < -0.3 is 25.6 Å². The number of rotatable bonds is 40. The molecule has 0 saturated carbocycles. The van der Waals surface area contributed by atoms with Crippen LogP contribution in [0.2, 0.25) is 0 Å². The second kappa shape index (κ2) is 42.2.